The zero-order chi connectivity index (χ0) is 25.3. The molecule has 0 saturated heterocycles. The summed E-state index contributed by atoms with van der Waals surface area (Å²) in [5.41, 5.74) is 3.11. The number of aromatic nitrogens is 3. The Hall–Kier alpha value is -3.36. The molecule has 6 nitrogen and oxygen atoms in total. The second-order valence-electron chi connectivity index (χ2n) is 9.96. The van der Waals surface area contributed by atoms with Gasteiger partial charge in [0.15, 0.2) is 5.82 Å². The minimum atomic E-state index is -4.47. The second kappa shape index (κ2) is 9.95. The summed E-state index contributed by atoms with van der Waals surface area (Å²) < 4.78 is 39.8. The predicted octanol–water partition coefficient (Wildman–Crippen LogP) is 6.08. The highest BCUT2D eigenvalue weighted by atomic mass is 19.4. The van der Waals surface area contributed by atoms with E-state index in [-0.39, 0.29) is 17.5 Å². The molecule has 1 aromatic carbocycles. The Kier molecular flexibility index (Phi) is 6.73. The quantitative estimate of drug-likeness (QED) is 0.370. The Morgan fingerprint density at radius 1 is 1.11 bits per heavy atom. The van der Waals surface area contributed by atoms with Crippen LogP contribution in [0.15, 0.2) is 42.7 Å². The van der Waals surface area contributed by atoms with Crippen LogP contribution in [0.2, 0.25) is 0 Å². The number of H-pyrrole nitrogens is 1. The average Bonchev–Trinajstić information content (AvgIpc) is 3.65. The molecule has 5 rings (SSSR count). The minimum absolute atomic E-state index is 0.0334. The van der Waals surface area contributed by atoms with E-state index in [0.717, 1.165) is 85.4 Å². The third-order valence-corrected chi connectivity index (χ3v) is 7.28. The molecule has 2 aliphatic rings. The molecular formula is C27H30F3N5O. The van der Waals surface area contributed by atoms with Gasteiger partial charge in [-0.3, -0.25) is 14.9 Å². The molecule has 9 heteroatoms. The number of amides is 1. The lowest BCUT2D eigenvalue weighted by Crippen LogP contribution is -2.39. The fourth-order valence-electron chi connectivity index (χ4n) is 5.12. The zero-order valence-electron chi connectivity index (χ0n) is 20.2. The largest absolute Gasteiger partial charge is 0.416 e. The molecule has 190 valence electrons. The molecule has 2 saturated carbocycles. The normalized spacial score (nSPS) is 20.2. The van der Waals surface area contributed by atoms with Crippen LogP contribution in [0, 0.1) is 12.8 Å². The Morgan fingerprint density at radius 2 is 1.89 bits per heavy atom. The van der Waals surface area contributed by atoms with Gasteiger partial charge in [0.25, 0.3) is 5.91 Å². The van der Waals surface area contributed by atoms with E-state index in [1.54, 1.807) is 6.20 Å². The van der Waals surface area contributed by atoms with E-state index in [2.05, 4.69) is 25.8 Å². The summed E-state index contributed by atoms with van der Waals surface area (Å²) in [7, 11) is 0. The van der Waals surface area contributed by atoms with Gasteiger partial charge in [-0.2, -0.15) is 18.3 Å². The molecule has 36 heavy (non-hydrogen) atoms. The van der Waals surface area contributed by atoms with Crippen LogP contribution in [0.4, 0.5) is 19.0 Å². The number of hydrogen-bond donors (Lipinski definition) is 3. The number of nitrogens with one attached hydrogen (secondary N) is 3. The Morgan fingerprint density at radius 3 is 2.56 bits per heavy atom. The summed E-state index contributed by atoms with van der Waals surface area (Å²) in [6.45, 7) is 2.74. The molecule has 3 N–H and O–H groups in total. The van der Waals surface area contributed by atoms with Gasteiger partial charge in [-0.05, 0) is 81.0 Å². The maximum Gasteiger partial charge on any atom is 0.416 e. The van der Waals surface area contributed by atoms with E-state index >= 15 is 0 Å². The van der Waals surface area contributed by atoms with Crippen LogP contribution in [0.3, 0.4) is 0 Å². The molecule has 0 unspecified atom stereocenters. The maximum atomic E-state index is 13.3. The van der Waals surface area contributed by atoms with Crippen molar-refractivity contribution in [2.24, 2.45) is 5.92 Å². The Bertz CT molecular complexity index is 1210. The molecule has 2 fully saturated rings. The number of carbonyl (C=O) groups is 1. The monoisotopic (exact) mass is 497 g/mol. The van der Waals surface area contributed by atoms with Crippen LogP contribution in [-0.4, -0.2) is 33.7 Å². The highest BCUT2D eigenvalue weighted by Crippen LogP contribution is 2.43. The first-order valence-corrected chi connectivity index (χ1v) is 12.5. The SMILES string of the molecule is Cc1[nH]nc(NCC2CCC(NC(=O)c3cc(C(F)(F)F)ccc3C3CC3)CC2)c1-c1cccnc1. The fraction of sp³-hybridized carbons (Fsp3) is 0.444. The van der Waals surface area contributed by atoms with Gasteiger partial charge in [0.2, 0.25) is 0 Å². The second-order valence-corrected chi connectivity index (χ2v) is 9.96. The molecule has 2 aliphatic carbocycles. The van der Waals surface area contributed by atoms with Crippen molar-refractivity contribution in [2.75, 3.05) is 11.9 Å². The van der Waals surface area contributed by atoms with Crippen LogP contribution in [0.1, 0.15) is 71.6 Å². The maximum absolute atomic E-state index is 13.3. The van der Waals surface area contributed by atoms with Gasteiger partial charge in [0.05, 0.1) is 5.56 Å². The molecule has 0 aliphatic heterocycles. The van der Waals surface area contributed by atoms with E-state index in [0.29, 0.717) is 5.92 Å². The molecule has 0 radical (unpaired) electrons. The summed E-state index contributed by atoms with van der Waals surface area (Å²) in [5, 5.41) is 13.9. The predicted molar refractivity (Wildman–Crippen MR) is 132 cm³/mol. The van der Waals surface area contributed by atoms with Crippen molar-refractivity contribution in [3.05, 3.63) is 65.1 Å². The van der Waals surface area contributed by atoms with E-state index in [1.807, 2.05) is 25.3 Å². The first-order chi connectivity index (χ1) is 17.3. The zero-order valence-corrected chi connectivity index (χ0v) is 20.2. The lowest BCUT2D eigenvalue weighted by molar-refractivity contribution is -0.137. The van der Waals surface area contributed by atoms with Crippen molar-refractivity contribution in [1.82, 2.24) is 20.5 Å². The van der Waals surface area contributed by atoms with Crippen LogP contribution < -0.4 is 10.6 Å². The molecule has 0 atom stereocenters. The Labute approximate surface area is 208 Å². The van der Waals surface area contributed by atoms with E-state index in [1.165, 1.54) is 6.07 Å². The fourth-order valence-corrected chi connectivity index (χ4v) is 5.12. The number of rotatable bonds is 7. The first-order valence-electron chi connectivity index (χ1n) is 12.5. The van der Waals surface area contributed by atoms with Gasteiger partial charge >= 0.3 is 6.18 Å². The number of aryl methyl sites for hydroxylation is 1. The summed E-state index contributed by atoms with van der Waals surface area (Å²) in [6.07, 6.45) is 4.35. The number of alkyl halides is 3. The topological polar surface area (TPSA) is 82.7 Å². The van der Waals surface area contributed by atoms with Crippen molar-refractivity contribution in [3.63, 3.8) is 0 Å². The van der Waals surface area contributed by atoms with Crippen LogP contribution in [0.25, 0.3) is 11.1 Å². The third kappa shape index (κ3) is 5.39. The third-order valence-electron chi connectivity index (χ3n) is 7.28. The summed E-state index contributed by atoms with van der Waals surface area (Å²) in [6, 6.07) is 7.45. The van der Waals surface area contributed by atoms with Crippen molar-refractivity contribution >= 4 is 11.7 Å². The molecule has 2 heterocycles. The molecule has 1 amide bonds. The number of nitrogens with zero attached hydrogens (tertiary/aromatic N) is 2. The van der Waals surface area contributed by atoms with Crippen molar-refractivity contribution < 1.29 is 18.0 Å². The van der Waals surface area contributed by atoms with Gasteiger partial charge in [-0.1, -0.05) is 12.1 Å². The standard InChI is InChI=1S/C27H30F3N5O/c1-16-24(19-3-2-12-31-15-19)25(35-34-16)32-14-17-4-9-21(10-5-17)33-26(36)23-13-20(27(28,29)30)8-11-22(23)18-6-7-18/h2-3,8,11-13,15,17-18,21H,4-7,9-10,14H2,1H3,(H,33,36)(H2,32,34,35). The molecule has 3 aromatic rings. The molecule has 0 spiro atoms. The highest BCUT2D eigenvalue weighted by Gasteiger charge is 2.35. The van der Waals surface area contributed by atoms with Gasteiger partial charge < -0.3 is 10.6 Å². The van der Waals surface area contributed by atoms with Crippen molar-refractivity contribution in [3.8, 4) is 11.1 Å². The molecular weight excluding hydrogens is 467 g/mol. The first kappa shape index (κ1) is 24.3. The van der Waals surface area contributed by atoms with Crippen molar-refractivity contribution in [2.45, 2.75) is 63.6 Å². The van der Waals surface area contributed by atoms with Crippen LogP contribution >= 0.6 is 0 Å². The van der Waals surface area contributed by atoms with Crippen molar-refractivity contribution in [1.29, 1.82) is 0 Å². The lowest BCUT2D eigenvalue weighted by Gasteiger charge is -2.29. The average molecular weight is 498 g/mol. The van der Waals surface area contributed by atoms with E-state index < -0.39 is 17.6 Å². The molecule has 0 bridgehead atoms. The van der Waals surface area contributed by atoms with Gasteiger partial charge in [0, 0.05) is 47.4 Å². The van der Waals surface area contributed by atoms with Crippen LogP contribution in [0.5, 0.6) is 0 Å². The Balaban J connectivity index is 1.17. The highest BCUT2D eigenvalue weighted by molar-refractivity contribution is 5.96. The number of carbonyl (C=O) groups excluding carboxylic acids is 1. The van der Waals surface area contributed by atoms with Gasteiger partial charge in [0.1, 0.15) is 0 Å². The smallest absolute Gasteiger partial charge is 0.368 e. The number of aromatic amines is 1. The number of pyridine rings is 1. The van der Waals surface area contributed by atoms with Gasteiger partial charge in [-0.15, -0.1) is 0 Å². The van der Waals surface area contributed by atoms with E-state index in [9.17, 15) is 18.0 Å². The molecule has 2 aromatic heterocycles. The number of hydrogen-bond acceptors (Lipinski definition) is 4. The van der Waals surface area contributed by atoms with Gasteiger partial charge in [-0.25, -0.2) is 0 Å². The lowest BCUT2D eigenvalue weighted by atomic mass is 9.85. The summed E-state index contributed by atoms with van der Waals surface area (Å²) in [4.78, 5) is 17.2. The summed E-state index contributed by atoms with van der Waals surface area (Å²) in [5.74, 6) is 1.02. The minimum Gasteiger partial charge on any atom is -0.368 e. The summed E-state index contributed by atoms with van der Waals surface area (Å²) >= 11 is 0. The van der Waals surface area contributed by atoms with Crippen LogP contribution in [-0.2, 0) is 6.18 Å². The number of benzene rings is 1. The number of anilines is 1. The van der Waals surface area contributed by atoms with E-state index in [4.69, 9.17) is 0 Å². The number of halogens is 3.